The topological polar surface area (TPSA) is 109 Å². The second-order valence-corrected chi connectivity index (χ2v) is 5.23. The van der Waals surface area contributed by atoms with E-state index in [1.54, 1.807) is 0 Å². The molecule has 1 rings (SSSR count). The van der Waals surface area contributed by atoms with E-state index in [0.29, 0.717) is 0 Å². The van der Waals surface area contributed by atoms with Crippen LogP contribution >= 0.6 is 0 Å². The lowest BCUT2D eigenvalue weighted by atomic mass is 10.0. The third-order valence-electron chi connectivity index (χ3n) is 3.25. The summed E-state index contributed by atoms with van der Waals surface area (Å²) < 4.78 is 37.4. The fraction of sp³-hybridized carbons (Fsp3) is 0.400. The van der Waals surface area contributed by atoms with E-state index < -0.39 is 35.7 Å². The number of Topliss-reactive ketones (excluding diaryl/α,β-unsaturated/α-hetero) is 1. The van der Waals surface area contributed by atoms with Crippen molar-refractivity contribution in [2.75, 3.05) is 0 Å². The molecule has 24 heavy (non-hydrogen) atoms. The number of hydrogen-bond donors (Lipinski definition) is 3. The summed E-state index contributed by atoms with van der Waals surface area (Å²) in [4.78, 5) is 34.1. The largest absolute Gasteiger partial charge is 0.416 e. The van der Waals surface area contributed by atoms with Gasteiger partial charge in [-0.15, -0.1) is 0 Å². The molecule has 0 aliphatic heterocycles. The first-order valence-electron chi connectivity index (χ1n) is 6.96. The summed E-state index contributed by atoms with van der Waals surface area (Å²) in [6.07, 6.45) is -6.33. The van der Waals surface area contributed by atoms with E-state index in [2.05, 4.69) is 5.32 Å². The molecule has 0 saturated carbocycles. The number of nitrogens with two attached hydrogens (primary N) is 1. The number of nitrogens with one attached hydrogen (secondary N) is 1. The highest BCUT2D eigenvalue weighted by molar-refractivity contribution is 5.89. The second kappa shape index (κ2) is 7.91. The first-order valence-corrected chi connectivity index (χ1v) is 6.96. The fourth-order valence-electron chi connectivity index (χ4n) is 1.89. The third-order valence-corrected chi connectivity index (χ3v) is 3.25. The lowest BCUT2D eigenvalue weighted by molar-refractivity contribution is -0.137. The third kappa shape index (κ3) is 5.65. The van der Waals surface area contributed by atoms with Gasteiger partial charge in [-0.25, -0.2) is 0 Å². The van der Waals surface area contributed by atoms with Crippen molar-refractivity contribution in [3.05, 3.63) is 35.4 Å². The molecule has 0 aliphatic carbocycles. The van der Waals surface area contributed by atoms with Gasteiger partial charge >= 0.3 is 6.18 Å². The highest BCUT2D eigenvalue weighted by Crippen LogP contribution is 2.29. The molecule has 0 aromatic heterocycles. The van der Waals surface area contributed by atoms with Gasteiger partial charge in [-0.1, -0.05) is 12.1 Å². The Bertz CT molecular complexity index is 614. The summed E-state index contributed by atoms with van der Waals surface area (Å²) in [7, 11) is 0. The summed E-state index contributed by atoms with van der Waals surface area (Å²) >= 11 is 0. The molecule has 0 aliphatic rings. The zero-order valence-electron chi connectivity index (χ0n) is 12.8. The van der Waals surface area contributed by atoms with Crippen molar-refractivity contribution < 1.29 is 32.7 Å². The van der Waals surface area contributed by atoms with Gasteiger partial charge in [0.05, 0.1) is 5.56 Å². The summed E-state index contributed by atoms with van der Waals surface area (Å²) in [5, 5.41) is 12.1. The first kappa shape index (κ1) is 19.6. The minimum absolute atomic E-state index is 0.00423. The van der Waals surface area contributed by atoms with Gasteiger partial charge in [0, 0.05) is 6.42 Å². The number of halogens is 3. The molecular weight excluding hydrogens is 329 g/mol. The van der Waals surface area contributed by atoms with Crippen molar-refractivity contribution in [3.63, 3.8) is 0 Å². The molecule has 0 fully saturated rings. The maximum absolute atomic E-state index is 12.5. The summed E-state index contributed by atoms with van der Waals surface area (Å²) in [5.41, 5.74) is 4.11. The molecule has 2 atom stereocenters. The zero-order chi connectivity index (χ0) is 18.5. The van der Waals surface area contributed by atoms with E-state index >= 15 is 0 Å². The lowest BCUT2D eigenvalue weighted by Gasteiger charge is -2.18. The van der Waals surface area contributed by atoms with Gasteiger partial charge in [0.25, 0.3) is 5.91 Å². The molecule has 4 N–H and O–H groups in total. The number of aliphatic hydroxyl groups excluding tert-OH is 1. The molecule has 0 unspecified atom stereocenters. The fourth-order valence-corrected chi connectivity index (χ4v) is 1.89. The molecule has 132 valence electrons. The van der Waals surface area contributed by atoms with Crippen LogP contribution in [0.4, 0.5) is 13.2 Å². The first-order chi connectivity index (χ1) is 11.0. The summed E-state index contributed by atoms with van der Waals surface area (Å²) in [5.74, 6) is -2.09. The van der Waals surface area contributed by atoms with Crippen molar-refractivity contribution in [1.29, 1.82) is 0 Å². The van der Waals surface area contributed by atoms with Crippen LogP contribution < -0.4 is 11.1 Å². The van der Waals surface area contributed by atoms with Crippen molar-refractivity contribution >= 4 is 17.6 Å². The maximum atomic E-state index is 12.5. The van der Waals surface area contributed by atoms with Crippen LogP contribution in [0.1, 0.15) is 37.0 Å². The molecule has 0 saturated heterocycles. The molecular formula is C15H17F3N2O4. The number of aliphatic hydroxyl groups is 1. The summed E-state index contributed by atoms with van der Waals surface area (Å²) in [6, 6.07) is 2.22. The number of alkyl halides is 3. The van der Waals surface area contributed by atoms with Gasteiger partial charge in [-0.05, 0) is 31.0 Å². The Morgan fingerprint density at radius 1 is 1.21 bits per heavy atom. The molecule has 2 amide bonds. The van der Waals surface area contributed by atoms with Crippen molar-refractivity contribution in [1.82, 2.24) is 5.32 Å². The van der Waals surface area contributed by atoms with Crippen LogP contribution in [0.5, 0.6) is 0 Å². The lowest BCUT2D eigenvalue weighted by Crippen LogP contribution is -2.46. The monoisotopic (exact) mass is 346 g/mol. The average molecular weight is 346 g/mol. The van der Waals surface area contributed by atoms with Gasteiger partial charge < -0.3 is 21.0 Å². The van der Waals surface area contributed by atoms with E-state index in [-0.39, 0.29) is 24.2 Å². The van der Waals surface area contributed by atoms with Crippen LogP contribution in [0.2, 0.25) is 0 Å². The molecule has 1 aromatic carbocycles. The standard InChI is InChI=1S/C15H17F3N2O4/c1-8(21)2-7-11(13(19)23)20-14(24)12(22)9-3-5-10(6-4-9)15(16,17)18/h3-6,11-12,22H,2,7H2,1H3,(H2,19,23)(H,20,24)/t11-,12+/m0/s1. The van der Waals surface area contributed by atoms with Crippen LogP contribution in [-0.2, 0) is 20.6 Å². The Hall–Kier alpha value is -2.42. The number of rotatable bonds is 7. The zero-order valence-corrected chi connectivity index (χ0v) is 12.8. The smallest absolute Gasteiger partial charge is 0.378 e. The number of amides is 2. The highest BCUT2D eigenvalue weighted by Gasteiger charge is 2.31. The number of benzene rings is 1. The number of carbonyl (C=O) groups excluding carboxylic acids is 3. The number of ketones is 1. The van der Waals surface area contributed by atoms with Gasteiger partial charge in [0.1, 0.15) is 11.8 Å². The number of carbonyl (C=O) groups is 3. The molecule has 0 spiro atoms. The van der Waals surface area contributed by atoms with Crippen LogP contribution in [0.25, 0.3) is 0 Å². The predicted molar refractivity (Wildman–Crippen MR) is 77.4 cm³/mol. The van der Waals surface area contributed by atoms with Crippen LogP contribution in [0.3, 0.4) is 0 Å². The molecule has 9 heteroatoms. The predicted octanol–water partition coefficient (Wildman–Crippen LogP) is 1.08. The molecule has 0 radical (unpaired) electrons. The van der Waals surface area contributed by atoms with Gasteiger partial charge in [0.2, 0.25) is 5.91 Å². The maximum Gasteiger partial charge on any atom is 0.416 e. The van der Waals surface area contributed by atoms with Crippen molar-refractivity contribution in [2.24, 2.45) is 5.73 Å². The number of primary amides is 1. The van der Waals surface area contributed by atoms with Crippen LogP contribution in [0.15, 0.2) is 24.3 Å². The van der Waals surface area contributed by atoms with E-state index in [1.807, 2.05) is 0 Å². The van der Waals surface area contributed by atoms with Gasteiger partial charge in [0.15, 0.2) is 6.10 Å². The van der Waals surface area contributed by atoms with Gasteiger partial charge in [-0.2, -0.15) is 13.2 Å². The van der Waals surface area contributed by atoms with E-state index in [1.165, 1.54) is 6.92 Å². The SMILES string of the molecule is CC(=O)CC[C@H](NC(=O)[C@H](O)c1ccc(C(F)(F)F)cc1)C(N)=O. The molecule has 0 bridgehead atoms. The van der Waals surface area contributed by atoms with Crippen molar-refractivity contribution in [2.45, 2.75) is 38.1 Å². The average Bonchev–Trinajstić information content (AvgIpc) is 2.49. The Labute approximate surface area is 135 Å². The van der Waals surface area contributed by atoms with Crippen molar-refractivity contribution in [3.8, 4) is 0 Å². The second-order valence-electron chi connectivity index (χ2n) is 5.23. The molecule has 6 nitrogen and oxygen atoms in total. The number of hydrogen-bond acceptors (Lipinski definition) is 4. The quantitative estimate of drug-likeness (QED) is 0.686. The Morgan fingerprint density at radius 2 is 1.75 bits per heavy atom. The highest BCUT2D eigenvalue weighted by atomic mass is 19.4. The van der Waals surface area contributed by atoms with E-state index in [0.717, 1.165) is 24.3 Å². The Kier molecular flexibility index (Phi) is 6.47. The van der Waals surface area contributed by atoms with Crippen LogP contribution in [0, 0.1) is 0 Å². The molecule has 1 aromatic rings. The summed E-state index contributed by atoms with van der Waals surface area (Å²) in [6.45, 7) is 1.30. The molecule has 0 heterocycles. The van der Waals surface area contributed by atoms with Gasteiger partial charge in [-0.3, -0.25) is 9.59 Å². The minimum Gasteiger partial charge on any atom is -0.378 e. The van der Waals surface area contributed by atoms with E-state index in [4.69, 9.17) is 5.73 Å². The normalized spacial score (nSPS) is 13.9. The minimum atomic E-state index is -4.53. The van der Waals surface area contributed by atoms with Crippen LogP contribution in [-0.4, -0.2) is 28.7 Å². The Balaban J connectivity index is 2.78. The Morgan fingerprint density at radius 3 is 2.17 bits per heavy atom. The van der Waals surface area contributed by atoms with E-state index in [9.17, 15) is 32.7 Å².